The van der Waals surface area contributed by atoms with Crippen molar-refractivity contribution in [3.8, 4) is 5.75 Å². The molecule has 0 saturated carbocycles. The second kappa shape index (κ2) is 7.66. The Hall–Kier alpha value is -3.08. The van der Waals surface area contributed by atoms with E-state index in [1.165, 1.54) is 4.90 Å². The summed E-state index contributed by atoms with van der Waals surface area (Å²) in [5.41, 5.74) is 1.51. The van der Waals surface area contributed by atoms with E-state index in [-0.39, 0.29) is 23.9 Å². The minimum absolute atomic E-state index is 0.0471. The molecular weight excluding hydrogens is 342 g/mol. The highest BCUT2D eigenvalue weighted by Crippen LogP contribution is 2.41. The van der Waals surface area contributed by atoms with Crippen LogP contribution in [-0.2, 0) is 9.59 Å². The van der Waals surface area contributed by atoms with Gasteiger partial charge >= 0.3 is 0 Å². The Labute approximate surface area is 158 Å². The number of ketones is 1. The number of Topliss-reactive ketones (excluding diaryl/α,β-unsaturated/α-hetero) is 1. The van der Waals surface area contributed by atoms with Crippen molar-refractivity contribution < 1.29 is 19.4 Å². The molecule has 1 heterocycles. The van der Waals surface area contributed by atoms with Crippen molar-refractivity contribution in [3.63, 3.8) is 0 Å². The molecular formula is C22H23NO4. The average Bonchev–Trinajstić information content (AvgIpc) is 2.93. The molecule has 2 aromatic carbocycles. The van der Waals surface area contributed by atoms with Crippen molar-refractivity contribution in [2.24, 2.45) is 0 Å². The van der Waals surface area contributed by atoms with Crippen LogP contribution in [0.1, 0.15) is 38.8 Å². The molecule has 0 aliphatic carbocycles. The number of aliphatic hydroxyl groups excluding tert-OH is 1. The number of carbonyl (C=O) groups is 2. The van der Waals surface area contributed by atoms with E-state index < -0.39 is 17.7 Å². The van der Waals surface area contributed by atoms with Gasteiger partial charge in [-0.2, -0.15) is 0 Å². The van der Waals surface area contributed by atoms with Gasteiger partial charge in [-0.15, -0.1) is 0 Å². The quantitative estimate of drug-likeness (QED) is 0.826. The molecule has 0 aromatic heterocycles. The standard InChI is InChI=1S/C22H23NO4/c1-4-18(24)19-20(15-10-12-17(13-11-15)27-14(2)3)23(22(26)21(19)25)16-8-6-5-7-9-16/h5-14,20,25H,4H2,1-3H3. The minimum atomic E-state index is -0.666. The van der Waals surface area contributed by atoms with Crippen molar-refractivity contribution in [1.82, 2.24) is 0 Å². The summed E-state index contributed by atoms with van der Waals surface area (Å²) in [6.07, 6.45) is 0.256. The Kier molecular flexibility index (Phi) is 5.31. The molecule has 0 spiro atoms. The number of anilines is 1. The molecule has 0 saturated heterocycles. The highest BCUT2D eigenvalue weighted by Gasteiger charge is 2.43. The van der Waals surface area contributed by atoms with E-state index in [4.69, 9.17) is 4.74 Å². The molecule has 27 heavy (non-hydrogen) atoms. The van der Waals surface area contributed by atoms with E-state index in [0.29, 0.717) is 11.4 Å². The van der Waals surface area contributed by atoms with Gasteiger partial charge < -0.3 is 9.84 Å². The third kappa shape index (κ3) is 3.58. The SMILES string of the molecule is CCC(=O)C1=C(O)C(=O)N(c2ccccc2)C1c1ccc(OC(C)C)cc1. The number of aliphatic hydroxyl groups is 1. The fourth-order valence-electron chi connectivity index (χ4n) is 3.25. The normalized spacial score (nSPS) is 17.0. The first-order valence-corrected chi connectivity index (χ1v) is 9.05. The molecule has 140 valence electrons. The fraction of sp³-hybridized carbons (Fsp3) is 0.273. The van der Waals surface area contributed by atoms with Crippen LogP contribution in [0.3, 0.4) is 0 Å². The zero-order chi connectivity index (χ0) is 19.6. The van der Waals surface area contributed by atoms with Crippen LogP contribution in [0, 0.1) is 0 Å². The molecule has 0 radical (unpaired) electrons. The van der Waals surface area contributed by atoms with Crippen LogP contribution in [0.5, 0.6) is 5.75 Å². The summed E-state index contributed by atoms with van der Waals surface area (Å²) in [5, 5.41) is 10.4. The average molecular weight is 365 g/mol. The van der Waals surface area contributed by atoms with Crippen molar-refractivity contribution in [1.29, 1.82) is 0 Å². The van der Waals surface area contributed by atoms with Gasteiger partial charge in [-0.25, -0.2) is 0 Å². The Morgan fingerprint density at radius 1 is 1.11 bits per heavy atom. The van der Waals surface area contributed by atoms with Gasteiger partial charge in [0, 0.05) is 12.1 Å². The van der Waals surface area contributed by atoms with Crippen LogP contribution in [0.15, 0.2) is 65.9 Å². The number of rotatable bonds is 6. The molecule has 0 bridgehead atoms. The molecule has 1 amide bonds. The molecule has 0 fully saturated rings. The van der Waals surface area contributed by atoms with E-state index in [1.54, 1.807) is 19.1 Å². The maximum absolute atomic E-state index is 12.8. The second-order valence-corrected chi connectivity index (χ2v) is 6.69. The van der Waals surface area contributed by atoms with Crippen molar-refractivity contribution in [3.05, 3.63) is 71.5 Å². The minimum Gasteiger partial charge on any atom is -0.503 e. The molecule has 1 atom stereocenters. The molecule has 1 N–H and O–H groups in total. The largest absolute Gasteiger partial charge is 0.503 e. The third-order valence-electron chi connectivity index (χ3n) is 4.43. The Bertz CT molecular complexity index is 869. The first-order chi connectivity index (χ1) is 12.9. The number of nitrogens with zero attached hydrogens (tertiary/aromatic N) is 1. The lowest BCUT2D eigenvalue weighted by atomic mass is 9.95. The summed E-state index contributed by atoms with van der Waals surface area (Å²) >= 11 is 0. The van der Waals surface area contributed by atoms with Gasteiger partial charge in [-0.3, -0.25) is 14.5 Å². The van der Waals surface area contributed by atoms with Crippen LogP contribution in [-0.4, -0.2) is 22.9 Å². The predicted molar refractivity (Wildman–Crippen MR) is 104 cm³/mol. The van der Waals surface area contributed by atoms with Crippen molar-refractivity contribution in [2.45, 2.75) is 39.3 Å². The lowest BCUT2D eigenvalue weighted by Gasteiger charge is -2.27. The number of ether oxygens (including phenoxy) is 1. The van der Waals surface area contributed by atoms with Gasteiger partial charge in [0.05, 0.1) is 17.7 Å². The summed E-state index contributed by atoms with van der Waals surface area (Å²) in [7, 11) is 0. The van der Waals surface area contributed by atoms with Crippen molar-refractivity contribution in [2.75, 3.05) is 4.90 Å². The number of hydrogen-bond donors (Lipinski definition) is 1. The van der Waals surface area contributed by atoms with Gasteiger partial charge in [-0.1, -0.05) is 37.3 Å². The van der Waals surface area contributed by atoms with Gasteiger partial charge in [0.15, 0.2) is 11.5 Å². The summed E-state index contributed by atoms with van der Waals surface area (Å²) in [6.45, 7) is 5.61. The Morgan fingerprint density at radius 2 is 1.74 bits per heavy atom. The summed E-state index contributed by atoms with van der Waals surface area (Å²) in [4.78, 5) is 26.8. The molecule has 1 unspecified atom stereocenters. The lowest BCUT2D eigenvalue weighted by molar-refractivity contribution is -0.118. The summed E-state index contributed by atoms with van der Waals surface area (Å²) < 4.78 is 5.67. The van der Waals surface area contributed by atoms with Crippen LogP contribution in [0.2, 0.25) is 0 Å². The molecule has 2 aromatic rings. The van der Waals surface area contributed by atoms with Crippen LogP contribution in [0.4, 0.5) is 5.69 Å². The van der Waals surface area contributed by atoms with E-state index >= 15 is 0 Å². The van der Waals surface area contributed by atoms with E-state index in [2.05, 4.69) is 0 Å². The summed E-state index contributed by atoms with van der Waals surface area (Å²) in [5.74, 6) is -0.573. The molecule has 1 aliphatic rings. The smallest absolute Gasteiger partial charge is 0.294 e. The van der Waals surface area contributed by atoms with Gasteiger partial charge in [0.2, 0.25) is 0 Å². The lowest BCUT2D eigenvalue weighted by Crippen LogP contribution is -2.30. The second-order valence-electron chi connectivity index (χ2n) is 6.69. The van der Waals surface area contributed by atoms with E-state index in [1.807, 2.05) is 56.3 Å². The molecule has 5 nitrogen and oxygen atoms in total. The third-order valence-corrected chi connectivity index (χ3v) is 4.43. The van der Waals surface area contributed by atoms with Crippen LogP contribution >= 0.6 is 0 Å². The summed E-state index contributed by atoms with van der Waals surface area (Å²) in [6, 6.07) is 15.7. The monoisotopic (exact) mass is 365 g/mol. The van der Waals surface area contributed by atoms with Crippen LogP contribution in [0.25, 0.3) is 0 Å². The number of benzene rings is 2. The van der Waals surface area contributed by atoms with Crippen molar-refractivity contribution >= 4 is 17.4 Å². The topological polar surface area (TPSA) is 66.8 Å². The zero-order valence-electron chi connectivity index (χ0n) is 15.7. The van der Waals surface area contributed by atoms with E-state index in [0.717, 1.165) is 5.56 Å². The fourth-order valence-corrected chi connectivity index (χ4v) is 3.25. The highest BCUT2D eigenvalue weighted by atomic mass is 16.5. The maximum atomic E-state index is 12.8. The zero-order valence-corrected chi connectivity index (χ0v) is 15.7. The van der Waals surface area contributed by atoms with E-state index in [9.17, 15) is 14.7 Å². The first kappa shape index (κ1) is 18.7. The predicted octanol–water partition coefficient (Wildman–Crippen LogP) is 4.35. The Balaban J connectivity index is 2.08. The number of amides is 1. The highest BCUT2D eigenvalue weighted by molar-refractivity contribution is 6.16. The van der Waals surface area contributed by atoms with Gasteiger partial charge in [0.25, 0.3) is 5.91 Å². The number of hydrogen-bond acceptors (Lipinski definition) is 4. The first-order valence-electron chi connectivity index (χ1n) is 9.05. The molecule has 3 rings (SSSR count). The van der Waals surface area contributed by atoms with Gasteiger partial charge in [0.1, 0.15) is 5.75 Å². The molecule has 1 aliphatic heterocycles. The maximum Gasteiger partial charge on any atom is 0.294 e. The Morgan fingerprint density at radius 3 is 2.30 bits per heavy atom. The number of carbonyl (C=O) groups excluding carboxylic acids is 2. The molecule has 5 heteroatoms. The number of para-hydroxylation sites is 1. The van der Waals surface area contributed by atoms with Gasteiger partial charge in [-0.05, 0) is 43.7 Å². The van der Waals surface area contributed by atoms with Crippen LogP contribution < -0.4 is 9.64 Å².